The summed E-state index contributed by atoms with van der Waals surface area (Å²) >= 11 is 0. The average Bonchev–Trinajstić information content (AvgIpc) is 2.95. The number of carbonyl (C=O) groups excluding carboxylic acids is 1. The van der Waals surface area contributed by atoms with Crippen LogP contribution in [0.1, 0.15) is 17.3 Å². The predicted molar refractivity (Wildman–Crippen MR) is 66.7 cm³/mol. The van der Waals surface area contributed by atoms with Gasteiger partial charge in [0.25, 0.3) is 5.91 Å². The van der Waals surface area contributed by atoms with Crippen LogP contribution in [0.4, 0.5) is 8.78 Å². The molecule has 1 N–H and O–H groups in total. The van der Waals surface area contributed by atoms with Gasteiger partial charge in [-0.2, -0.15) is 0 Å². The van der Waals surface area contributed by atoms with Crippen molar-refractivity contribution in [2.24, 2.45) is 11.8 Å². The molecule has 1 aromatic carbocycles. The van der Waals surface area contributed by atoms with E-state index in [0.717, 1.165) is 25.2 Å². The number of benzene rings is 1. The lowest BCUT2D eigenvalue weighted by atomic mass is 9.95. The highest BCUT2D eigenvalue weighted by atomic mass is 19.2. The quantitative estimate of drug-likeness (QED) is 0.838. The molecule has 1 aromatic rings. The van der Waals surface area contributed by atoms with Crippen molar-refractivity contribution in [2.75, 3.05) is 19.6 Å². The van der Waals surface area contributed by atoms with Crippen molar-refractivity contribution in [3.05, 3.63) is 35.4 Å². The van der Waals surface area contributed by atoms with Gasteiger partial charge in [-0.15, -0.1) is 0 Å². The molecule has 19 heavy (non-hydrogen) atoms. The number of hydrogen-bond donors (Lipinski definition) is 1. The Labute approximate surface area is 110 Å². The first-order valence-electron chi connectivity index (χ1n) is 6.54. The molecule has 0 saturated carbocycles. The fourth-order valence-corrected chi connectivity index (χ4v) is 3.23. The highest BCUT2D eigenvalue weighted by Gasteiger charge is 2.43. The Morgan fingerprint density at radius 3 is 2.79 bits per heavy atom. The fourth-order valence-electron chi connectivity index (χ4n) is 3.23. The van der Waals surface area contributed by atoms with Crippen LogP contribution < -0.4 is 5.32 Å². The van der Waals surface area contributed by atoms with Gasteiger partial charge in [0.05, 0.1) is 0 Å². The Balaban J connectivity index is 1.82. The second-order valence-corrected chi connectivity index (χ2v) is 5.41. The lowest BCUT2D eigenvalue weighted by Gasteiger charge is -2.24. The van der Waals surface area contributed by atoms with Gasteiger partial charge < -0.3 is 10.2 Å². The first kappa shape index (κ1) is 12.5. The van der Waals surface area contributed by atoms with E-state index in [1.54, 1.807) is 4.90 Å². The Hall–Kier alpha value is -1.49. The highest BCUT2D eigenvalue weighted by molar-refractivity contribution is 5.94. The minimum absolute atomic E-state index is 0.139. The fraction of sp³-hybridized carbons (Fsp3) is 0.500. The standard InChI is InChI=1S/C14H16F2N2O/c1-8-11-6-17-5-10(11)7-18(8)14(19)9-2-3-12(15)13(16)4-9/h2-4,8,10-11,17H,5-7H2,1H3. The van der Waals surface area contributed by atoms with Gasteiger partial charge in [-0.05, 0) is 37.0 Å². The lowest BCUT2D eigenvalue weighted by Crippen LogP contribution is -2.38. The van der Waals surface area contributed by atoms with Crippen LogP contribution in [0.2, 0.25) is 0 Å². The molecule has 0 aliphatic carbocycles. The van der Waals surface area contributed by atoms with E-state index in [1.807, 2.05) is 6.92 Å². The van der Waals surface area contributed by atoms with E-state index in [2.05, 4.69) is 5.32 Å². The summed E-state index contributed by atoms with van der Waals surface area (Å²) in [4.78, 5) is 14.1. The summed E-state index contributed by atoms with van der Waals surface area (Å²) in [5.41, 5.74) is 0.221. The summed E-state index contributed by atoms with van der Waals surface area (Å²) in [6.07, 6.45) is 0. The zero-order valence-electron chi connectivity index (χ0n) is 10.7. The van der Waals surface area contributed by atoms with E-state index in [9.17, 15) is 13.6 Å². The summed E-state index contributed by atoms with van der Waals surface area (Å²) < 4.78 is 26.1. The van der Waals surface area contributed by atoms with Crippen molar-refractivity contribution in [2.45, 2.75) is 13.0 Å². The first-order valence-corrected chi connectivity index (χ1v) is 6.54. The van der Waals surface area contributed by atoms with Crippen molar-refractivity contribution in [3.63, 3.8) is 0 Å². The third kappa shape index (κ3) is 2.02. The molecule has 3 atom stereocenters. The second-order valence-electron chi connectivity index (χ2n) is 5.41. The molecule has 2 aliphatic rings. The molecule has 0 spiro atoms. The van der Waals surface area contributed by atoms with Gasteiger partial charge in [0, 0.05) is 31.2 Å². The van der Waals surface area contributed by atoms with Crippen LogP contribution in [0, 0.1) is 23.5 Å². The van der Waals surface area contributed by atoms with Gasteiger partial charge in [-0.25, -0.2) is 8.78 Å². The SMILES string of the molecule is CC1C2CNCC2CN1C(=O)c1ccc(F)c(F)c1. The second kappa shape index (κ2) is 4.56. The topological polar surface area (TPSA) is 32.3 Å². The van der Waals surface area contributed by atoms with Crippen molar-refractivity contribution < 1.29 is 13.6 Å². The summed E-state index contributed by atoms with van der Waals surface area (Å²) in [7, 11) is 0. The van der Waals surface area contributed by atoms with Gasteiger partial charge in [-0.3, -0.25) is 4.79 Å². The van der Waals surface area contributed by atoms with E-state index in [4.69, 9.17) is 0 Å². The molecule has 3 nitrogen and oxygen atoms in total. The van der Waals surface area contributed by atoms with Crippen molar-refractivity contribution in [1.82, 2.24) is 10.2 Å². The van der Waals surface area contributed by atoms with Crippen LogP contribution in [0.15, 0.2) is 18.2 Å². The van der Waals surface area contributed by atoms with Crippen molar-refractivity contribution in [1.29, 1.82) is 0 Å². The van der Waals surface area contributed by atoms with Gasteiger partial charge >= 0.3 is 0 Å². The van der Waals surface area contributed by atoms with Crippen LogP contribution >= 0.6 is 0 Å². The Kier molecular flexibility index (Phi) is 3.01. The zero-order valence-corrected chi connectivity index (χ0v) is 10.7. The van der Waals surface area contributed by atoms with Crippen molar-refractivity contribution in [3.8, 4) is 0 Å². The summed E-state index contributed by atoms with van der Waals surface area (Å²) in [6.45, 7) is 4.57. The molecule has 1 amide bonds. The summed E-state index contributed by atoms with van der Waals surface area (Å²) in [6, 6.07) is 3.48. The van der Waals surface area contributed by atoms with Crippen LogP contribution in [0.5, 0.6) is 0 Å². The van der Waals surface area contributed by atoms with Crippen LogP contribution in [0.25, 0.3) is 0 Å². The predicted octanol–water partition coefficient (Wildman–Crippen LogP) is 1.64. The maximum Gasteiger partial charge on any atom is 0.254 e. The molecule has 2 heterocycles. The molecule has 3 unspecified atom stereocenters. The van der Waals surface area contributed by atoms with Gasteiger partial charge in [-0.1, -0.05) is 0 Å². The van der Waals surface area contributed by atoms with E-state index in [0.29, 0.717) is 18.4 Å². The van der Waals surface area contributed by atoms with Gasteiger partial charge in [0.1, 0.15) is 0 Å². The minimum atomic E-state index is -0.973. The zero-order chi connectivity index (χ0) is 13.6. The Bertz CT molecular complexity index is 520. The molecule has 3 rings (SSSR count). The average molecular weight is 266 g/mol. The molecule has 5 heteroatoms. The Morgan fingerprint density at radius 2 is 2.11 bits per heavy atom. The number of fused-ring (bicyclic) bond motifs is 1. The smallest absolute Gasteiger partial charge is 0.254 e. The molecule has 2 saturated heterocycles. The highest BCUT2D eigenvalue weighted by Crippen LogP contribution is 2.33. The molecular formula is C14H16F2N2O. The van der Waals surface area contributed by atoms with E-state index in [1.165, 1.54) is 6.07 Å². The number of rotatable bonds is 1. The maximum atomic E-state index is 13.2. The third-order valence-corrected chi connectivity index (χ3v) is 4.36. The summed E-state index contributed by atoms with van der Waals surface area (Å²) in [5.74, 6) is -1.16. The molecular weight excluding hydrogens is 250 g/mol. The number of carbonyl (C=O) groups is 1. The molecule has 102 valence electrons. The summed E-state index contributed by atoms with van der Waals surface area (Å²) in [5, 5.41) is 3.32. The number of halogens is 2. The molecule has 0 aromatic heterocycles. The lowest BCUT2D eigenvalue weighted by molar-refractivity contribution is 0.0728. The van der Waals surface area contributed by atoms with Crippen LogP contribution in [0.3, 0.4) is 0 Å². The van der Waals surface area contributed by atoms with Gasteiger partial charge in [0.15, 0.2) is 11.6 Å². The normalized spacial score (nSPS) is 29.6. The van der Waals surface area contributed by atoms with E-state index < -0.39 is 11.6 Å². The monoisotopic (exact) mass is 266 g/mol. The van der Waals surface area contributed by atoms with Gasteiger partial charge in [0.2, 0.25) is 0 Å². The number of hydrogen-bond acceptors (Lipinski definition) is 2. The Morgan fingerprint density at radius 1 is 1.32 bits per heavy atom. The maximum absolute atomic E-state index is 13.2. The molecule has 0 bridgehead atoms. The van der Waals surface area contributed by atoms with Crippen LogP contribution in [-0.2, 0) is 0 Å². The number of nitrogens with one attached hydrogen (secondary N) is 1. The largest absolute Gasteiger partial charge is 0.335 e. The van der Waals surface area contributed by atoms with E-state index >= 15 is 0 Å². The molecule has 2 fully saturated rings. The number of amides is 1. The molecule has 2 aliphatic heterocycles. The number of likely N-dealkylation sites (tertiary alicyclic amines) is 1. The third-order valence-electron chi connectivity index (χ3n) is 4.36. The minimum Gasteiger partial charge on any atom is -0.335 e. The first-order chi connectivity index (χ1) is 9.08. The molecule has 0 radical (unpaired) electrons. The van der Waals surface area contributed by atoms with E-state index in [-0.39, 0.29) is 17.5 Å². The van der Waals surface area contributed by atoms with Crippen LogP contribution in [-0.4, -0.2) is 36.5 Å². The number of nitrogens with zero attached hydrogens (tertiary/aromatic N) is 1. The van der Waals surface area contributed by atoms with Crippen molar-refractivity contribution >= 4 is 5.91 Å².